The predicted octanol–water partition coefficient (Wildman–Crippen LogP) is 5.11. The van der Waals surface area contributed by atoms with Crippen molar-refractivity contribution in [3.63, 3.8) is 0 Å². The standard InChI is InChI=1S/C24H31IN2O2/c1-17-7-9-18(10-8-17)15-21-24(25)27(14-13-26-21)19-11-12-22(28-2)23(16-19)29-20-5-3-4-6-20/h7-12,16,20-21,24,26H,3-6,13-15H2,1-2H3. The van der Waals surface area contributed by atoms with E-state index in [1.165, 1.54) is 29.7 Å². The molecule has 0 radical (unpaired) electrons. The summed E-state index contributed by atoms with van der Waals surface area (Å²) in [5.41, 5.74) is 3.91. The minimum Gasteiger partial charge on any atom is -0.493 e. The third kappa shape index (κ3) is 5.00. The van der Waals surface area contributed by atoms with Gasteiger partial charge in [0.1, 0.15) is 0 Å². The Morgan fingerprint density at radius 1 is 1.07 bits per heavy atom. The highest BCUT2D eigenvalue weighted by Gasteiger charge is 2.30. The lowest BCUT2D eigenvalue weighted by atomic mass is 10.0. The van der Waals surface area contributed by atoms with Gasteiger partial charge in [-0.2, -0.15) is 0 Å². The van der Waals surface area contributed by atoms with Crippen LogP contribution in [-0.2, 0) is 6.42 Å². The Kier molecular flexibility index (Phi) is 6.85. The molecule has 2 aromatic rings. The molecular weight excluding hydrogens is 475 g/mol. The zero-order chi connectivity index (χ0) is 20.2. The number of halogens is 1. The molecule has 2 atom stereocenters. The van der Waals surface area contributed by atoms with E-state index in [0.717, 1.165) is 43.9 Å². The smallest absolute Gasteiger partial charge is 0.163 e. The molecule has 0 amide bonds. The number of hydrogen-bond acceptors (Lipinski definition) is 4. The molecule has 1 N–H and O–H groups in total. The second kappa shape index (κ2) is 9.56. The van der Waals surface area contributed by atoms with Crippen LogP contribution in [0.3, 0.4) is 0 Å². The van der Waals surface area contributed by atoms with Crippen molar-refractivity contribution >= 4 is 28.3 Å². The molecule has 4 nitrogen and oxygen atoms in total. The molecule has 1 saturated heterocycles. The average molecular weight is 506 g/mol. The molecule has 4 rings (SSSR count). The van der Waals surface area contributed by atoms with E-state index in [9.17, 15) is 0 Å². The van der Waals surface area contributed by atoms with Crippen molar-refractivity contribution < 1.29 is 9.47 Å². The average Bonchev–Trinajstić information content (AvgIpc) is 3.24. The van der Waals surface area contributed by atoms with Crippen LogP contribution in [0.4, 0.5) is 5.69 Å². The molecule has 2 fully saturated rings. The van der Waals surface area contributed by atoms with Crippen molar-refractivity contribution in [2.45, 2.75) is 55.2 Å². The number of alkyl halides is 1. The van der Waals surface area contributed by atoms with Crippen LogP contribution in [0.2, 0.25) is 0 Å². The summed E-state index contributed by atoms with van der Waals surface area (Å²) in [6.45, 7) is 4.12. The first-order chi connectivity index (χ1) is 14.1. The van der Waals surface area contributed by atoms with E-state index in [2.05, 4.69) is 82.2 Å². The van der Waals surface area contributed by atoms with Gasteiger partial charge in [-0.1, -0.05) is 52.4 Å². The maximum Gasteiger partial charge on any atom is 0.163 e. The summed E-state index contributed by atoms with van der Waals surface area (Å²) in [6.07, 6.45) is 6.18. The number of piperazine rings is 1. The summed E-state index contributed by atoms with van der Waals surface area (Å²) in [7, 11) is 1.72. The number of ether oxygens (including phenoxy) is 2. The van der Waals surface area contributed by atoms with Crippen molar-refractivity contribution in [1.82, 2.24) is 5.32 Å². The summed E-state index contributed by atoms with van der Waals surface area (Å²) in [4.78, 5) is 2.50. The van der Waals surface area contributed by atoms with Gasteiger partial charge in [0.15, 0.2) is 11.5 Å². The van der Waals surface area contributed by atoms with E-state index >= 15 is 0 Å². The largest absolute Gasteiger partial charge is 0.493 e. The van der Waals surface area contributed by atoms with Crippen LogP contribution in [-0.4, -0.2) is 36.4 Å². The number of benzene rings is 2. The fourth-order valence-electron chi connectivity index (χ4n) is 4.35. The highest BCUT2D eigenvalue weighted by molar-refractivity contribution is 14.1. The number of hydrogen-bond donors (Lipinski definition) is 1. The van der Waals surface area contributed by atoms with Gasteiger partial charge in [0.2, 0.25) is 0 Å². The molecule has 2 aliphatic rings. The van der Waals surface area contributed by atoms with Gasteiger partial charge in [0, 0.05) is 30.9 Å². The topological polar surface area (TPSA) is 33.7 Å². The Morgan fingerprint density at radius 2 is 1.83 bits per heavy atom. The fraction of sp³-hybridized carbons (Fsp3) is 0.500. The SMILES string of the molecule is COc1ccc(N2CCNC(Cc3ccc(C)cc3)C2I)cc1OC1CCCC1. The van der Waals surface area contributed by atoms with Crippen molar-refractivity contribution in [2.75, 3.05) is 25.1 Å². The maximum atomic E-state index is 6.33. The molecule has 1 saturated carbocycles. The van der Waals surface area contributed by atoms with Crippen molar-refractivity contribution in [3.8, 4) is 11.5 Å². The van der Waals surface area contributed by atoms with Crippen LogP contribution in [0.25, 0.3) is 0 Å². The van der Waals surface area contributed by atoms with E-state index in [1.807, 2.05) is 0 Å². The summed E-state index contributed by atoms with van der Waals surface area (Å²) in [5, 5.41) is 3.72. The molecule has 0 spiro atoms. The molecule has 2 unspecified atom stereocenters. The van der Waals surface area contributed by atoms with Gasteiger partial charge in [0.05, 0.1) is 17.3 Å². The Morgan fingerprint density at radius 3 is 2.55 bits per heavy atom. The monoisotopic (exact) mass is 506 g/mol. The Balaban J connectivity index is 1.50. The Labute approximate surface area is 188 Å². The van der Waals surface area contributed by atoms with E-state index in [0.29, 0.717) is 16.2 Å². The predicted molar refractivity (Wildman–Crippen MR) is 128 cm³/mol. The number of methoxy groups -OCH3 is 1. The number of anilines is 1. The highest BCUT2D eigenvalue weighted by Crippen LogP contribution is 2.37. The van der Waals surface area contributed by atoms with Gasteiger partial charge in [0.25, 0.3) is 0 Å². The molecule has 2 aromatic carbocycles. The van der Waals surface area contributed by atoms with Crippen molar-refractivity contribution in [2.24, 2.45) is 0 Å². The number of nitrogens with one attached hydrogen (secondary N) is 1. The second-order valence-electron chi connectivity index (χ2n) is 8.18. The van der Waals surface area contributed by atoms with Gasteiger partial charge in [-0.15, -0.1) is 0 Å². The van der Waals surface area contributed by atoms with Gasteiger partial charge in [-0.3, -0.25) is 0 Å². The lowest BCUT2D eigenvalue weighted by molar-refractivity contribution is 0.201. The molecule has 1 heterocycles. The zero-order valence-corrected chi connectivity index (χ0v) is 19.5. The first-order valence-electron chi connectivity index (χ1n) is 10.7. The zero-order valence-electron chi connectivity index (χ0n) is 17.4. The van der Waals surface area contributed by atoms with E-state index in [-0.39, 0.29) is 0 Å². The van der Waals surface area contributed by atoms with Crippen LogP contribution in [0, 0.1) is 6.92 Å². The summed E-state index contributed by atoms with van der Waals surface area (Å²) in [5.74, 6) is 1.71. The molecule has 5 heteroatoms. The highest BCUT2D eigenvalue weighted by atomic mass is 127. The Hall–Kier alpha value is -1.47. The fourth-order valence-corrected chi connectivity index (χ4v) is 5.46. The lowest BCUT2D eigenvalue weighted by Gasteiger charge is -2.40. The molecule has 1 aliphatic heterocycles. The number of aryl methyl sites for hydroxylation is 1. The molecule has 29 heavy (non-hydrogen) atoms. The first kappa shape index (κ1) is 20.8. The Bertz CT molecular complexity index is 805. The molecule has 156 valence electrons. The minimum absolute atomic E-state index is 0.326. The minimum atomic E-state index is 0.326. The molecule has 0 aromatic heterocycles. The third-order valence-electron chi connectivity index (χ3n) is 6.04. The van der Waals surface area contributed by atoms with Crippen LogP contribution < -0.4 is 19.7 Å². The van der Waals surface area contributed by atoms with E-state index in [1.54, 1.807) is 7.11 Å². The van der Waals surface area contributed by atoms with E-state index < -0.39 is 0 Å². The van der Waals surface area contributed by atoms with Gasteiger partial charge in [-0.25, -0.2) is 0 Å². The number of rotatable bonds is 6. The van der Waals surface area contributed by atoms with E-state index in [4.69, 9.17) is 9.47 Å². The lowest BCUT2D eigenvalue weighted by Crippen LogP contribution is -2.56. The van der Waals surface area contributed by atoms with Crippen LogP contribution in [0.1, 0.15) is 36.8 Å². The first-order valence-corrected chi connectivity index (χ1v) is 11.9. The number of nitrogens with zero attached hydrogens (tertiary/aromatic N) is 1. The molecular formula is C24H31IN2O2. The third-order valence-corrected chi connectivity index (χ3v) is 7.58. The van der Waals surface area contributed by atoms with Crippen LogP contribution in [0.5, 0.6) is 11.5 Å². The normalized spacial score (nSPS) is 22.7. The summed E-state index contributed by atoms with van der Waals surface area (Å²) < 4.78 is 12.3. The van der Waals surface area contributed by atoms with Gasteiger partial charge in [-0.05, 0) is 56.7 Å². The van der Waals surface area contributed by atoms with Crippen molar-refractivity contribution in [1.29, 1.82) is 0 Å². The summed E-state index contributed by atoms with van der Waals surface area (Å²) in [6, 6.07) is 15.7. The second-order valence-corrected chi connectivity index (χ2v) is 9.45. The quantitative estimate of drug-likeness (QED) is 0.336. The molecule has 1 aliphatic carbocycles. The summed E-state index contributed by atoms with van der Waals surface area (Å²) >= 11 is 2.59. The van der Waals surface area contributed by atoms with Crippen molar-refractivity contribution in [3.05, 3.63) is 53.6 Å². The molecule has 0 bridgehead atoms. The maximum absolute atomic E-state index is 6.33. The van der Waals surface area contributed by atoms with Gasteiger partial charge < -0.3 is 19.7 Å². The van der Waals surface area contributed by atoms with Crippen LogP contribution in [0.15, 0.2) is 42.5 Å². The van der Waals surface area contributed by atoms with Gasteiger partial charge >= 0.3 is 0 Å². The van der Waals surface area contributed by atoms with Crippen LogP contribution >= 0.6 is 22.6 Å².